The average molecular weight is 302 g/mol. The van der Waals surface area contributed by atoms with E-state index in [4.69, 9.17) is 5.11 Å². The summed E-state index contributed by atoms with van der Waals surface area (Å²) in [4.78, 5) is 22.8. The minimum absolute atomic E-state index is 0.119. The highest BCUT2D eigenvalue weighted by Gasteiger charge is 2.39. The van der Waals surface area contributed by atoms with Gasteiger partial charge in [0.2, 0.25) is 0 Å². The first kappa shape index (κ1) is 14.9. The molecule has 3 rings (SSSR count). The molecule has 0 saturated heterocycles. The number of carboxylic acid groups (broad SMARTS) is 1. The lowest BCUT2D eigenvalue weighted by molar-refractivity contribution is 0.0697. The SMILES string of the molecule is O=C(NCc1ccc(C(=O)O)cc1)NC(C1CCC1)C1CC1. The van der Waals surface area contributed by atoms with E-state index in [-0.39, 0.29) is 11.6 Å². The van der Waals surface area contributed by atoms with Crippen LogP contribution in [0.4, 0.5) is 4.79 Å². The smallest absolute Gasteiger partial charge is 0.335 e. The fraction of sp³-hybridized carbons (Fsp3) is 0.529. The molecule has 5 heteroatoms. The maximum Gasteiger partial charge on any atom is 0.335 e. The summed E-state index contributed by atoms with van der Waals surface area (Å²) >= 11 is 0. The van der Waals surface area contributed by atoms with E-state index in [2.05, 4.69) is 10.6 Å². The Hall–Kier alpha value is -2.04. The number of benzene rings is 1. The van der Waals surface area contributed by atoms with Gasteiger partial charge in [0.15, 0.2) is 0 Å². The molecule has 0 aliphatic heterocycles. The second kappa shape index (κ2) is 6.38. The second-order valence-corrected chi connectivity index (χ2v) is 6.38. The number of carbonyl (C=O) groups is 2. The maximum absolute atomic E-state index is 12.1. The van der Waals surface area contributed by atoms with Crippen LogP contribution >= 0.6 is 0 Å². The van der Waals surface area contributed by atoms with E-state index < -0.39 is 5.97 Å². The van der Waals surface area contributed by atoms with Gasteiger partial charge in [-0.05, 0) is 55.2 Å². The Morgan fingerprint density at radius 3 is 2.23 bits per heavy atom. The van der Waals surface area contributed by atoms with Gasteiger partial charge in [0.25, 0.3) is 0 Å². The molecule has 0 spiro atoms. The maximum atomic E-state index is 12.1. The number of rotatable bonds is 6. The number of carbonyl (C=O) groups excluding carboxylic acids is 1. The van der Waals surface area contributed by atoms with E-state index >= 15 is 0 Å². The molecular formula is C17H22N2O3. The van der Waals surface area contributed by atoms with E-state index in [1.165, 1.54) is 32.1 Å². The quantitative estimate of drug-likeness (QED) is 0.756. The molecular weight excluding hydrogens is 280 g/mol. The van der Waals surface area contributed by atoms with E-state index in [0.717, 1.165) is 5.56 Å². The van der Waals surface area contributed by atoms with E-state index in [1.807, 2.05) is 0 Å². The first-order chi connectivity index (χ1) is 10.6. The predicted molar refractivity (Wildman–Crippen MR) is 82.6 cm³/mol. The van der Waals surface area contributed by atoms with Crippen LogP contribution in [0.1, 0.15) is 48.0 Å². The fourth-order valence-corrected chi connectivity index (χ4v) is 3.02. The molecule has 2 fully saturated rings. The third-order valence-corrected chi connectivity index (χ3v) is 4.74. The third-order valence-electron chi connectivity index (χ3n) is 4.74. The van der Waals surface area contributed by atoms with Gasteiger partial charge in [0.1, 0.15) is 0 Å². The van der Waals surface area contributed by atoms with Crippen LogP contribution < -0.4 is 10.6 Å². The zero-order valence-electron chi connectivity index (χ0n) is 12.5. The van der Waals surface area contributed by atoms with Crippen LogP contribution in [0, 0.1) is 11.8 Å². The molecule has 5 nitrogen and oxygen atoms in total. The van der Waals surface area contributed by atoms with Crippen molar-refractivity contribution in [1.29, 1.82) is 0 Å². The van der Waals surface area contributed by atoms with Crippen LogP contribution in [0.15, 0.2) is 24.3 Å². The lowest BCUT2D eigenvalue weighted by Crippen LogP contribution is -2.48. The molecule has 118 valence electrons. The molecule has 1 aromatic rings. The highest BCUT2D eigenvalue weighted by Crippen LogP contribution is 2.42. The standard InChI is InChI=1S/C17H22N2O3/c20-16(21)14-6-4-11(5-7-14)10-18-17(22)19-15(13-8-9-13)12-2-1-3-12/h4-7,12-13,15H,1-3,8-10H2,(H,20,21)(H2,18,19,22). The average Bonchev–Trinajstić information content (AvgIpc) is 3.27. The molecule has 0 bridgehead atoms. The Labute approximate surface area is 130 Å². The normalized spacial score (nSPS) is 19.1. The van der Waals surface area contributed by atoms with E-state index in [9.17, 15) is 9.59 Å². The molecule has 2 amide bonds. The largest absolute Gasteiger partial charge is 0.478 e. The van der Waals surface area contributed by atoms with Gasteiger partial charge in [-0.2, -0.15) is 0 Å². The van der Waals surface area contributed by atoms with Crippen LogP contribution in [0.3, 0.4) is 0 Å². The zero-order chi connectivity index (χ0) is 15.5. The number of carboxylic acids is 1. The summed E-state index contributed by atoms with van der Waals surface area (Å²) in [5.41, 5.74) is 1.15. The van der Waals surface area contributed by atoms with Gasteiger partial charge in [0.05, 0.1) is 5.56 Å². The Morgan fingerprint density at radius 1 is 1.09 bits per heavy atom. The predicted octanol–water partition coefficient (Wildman–Crippen LogP) is 2.76. The summed E-state index contributed by atoms with van der Waals surface area (Å²) in [5, 5.41) is 14.9. The number of nitrogens with one attached hydrogen (secondary N) is 2. The molecule has 22 heavy (non-hydrogen) atoms. The van der Waals surface area contributed by atoms with Gasteiger partial charge in [-0.3, -0.25) is 0 Å². The fourth-order valence-electron chi connectivity index (χ4n) is 3.02. The summed E-state index contributed by atoms with van der Waals surface area (Å²) in [6.07, 6.45) is 6.22. The highest BCUT2D eigenvalue weighted by atomic mass is 16.4. The molecule has 2 aliphatic rings. The van der Waals surface area contributed by atoms with E-state index in [1.54, 1.807) is 24.3 Å². The number of urea groups is 1. The molecule has 2 saturated carbocycles. The number of amides is 2. The number of hydrogen-bond acceptors (Lipinski definition) is 2. The summed E-state index contributed by atoms with van der Waals surface area (Å²) in [6, 6.07) is 6.79. The molecule has 1 atom stereocenters. The van der Waals surface area contributed by atoms with Crippen molar-refractivity contribution >= 4 is 12.0 Å². The van der Waals surface area contributed by atoms with Gasteiger partial charge in [-0.15, -0.1) is 0 Å². The molecule has 3 N–H and O–H groups in total. The van der Waals surface area contributed by atoms with Crippen molar-refractivity contribution in [2.45, 2.75) is 44.7 Å². The van der Waals surface area contributed by atoms with Crippen molar-refractivity contribution in [3.8, 4) is 0 Å². The van der Waals surface area contributed by atoms with Crippen LogP contribution in [-0.4, -0.2) is 23.1 Å². The summed E-state index contributed by atoms with van der Waals surface area (Å²) in [7, 11) is 0. The summed E-state index contributed by atoms with van der Waals surface area (Å²) < 4.78 is 0. The van der Waals surface area contributed by atoms with Gasteiger partial charge in [0, 0.05) is 12.6 Å². The van der Waals surface area contributed by atoms with Gasteiger partial charge < -0.3 is 15.7 Å². The summed E-state index contributed by atoms with van der Waals surface area (Å²) in [5.74, 6) is 0.393. The van der Waals surface area contributed by atoms with Gasteiger partial charge in [-0.25, -0.2) is 9.59 Å². The van der Waals surface area contributed by atoms with Gasteiger partial charge >= 0.3 is 12.0 Å². The second-order valence-electron chi connectivity index (χ2n) is 6.38. The lowest BCUT2D eigenvalue weighted by Gasteiger charge is -2.34. The van der Waals surface area contributed by atoms with Crippen LogP contribution in [0.25, 0.3) is 0 Å². The Morgan fingerprint density at radius 2 is 1.73 bits per heavy atom. The molecule has 1 aromatic carbocycles. The molecule has 1 unspecified atom stereocenters. The van der Waals surface area contributed by atoms with Crippen molar-refractivity contribution in [1.82, 2.24) is 10.6 Å². The van der Waals surface area contributed by atoms with E-state index in [0.29, 0.717) is 24.4 Å². The Kier molecular flexibility index (Phi) is 4.32. The van der Waals surface area contributed by atoms with Crippen molar-refractivity contribution < 1.29 is 14.7 Å². The Balaban J connectivity index is 1.47. The van der Waals surface area contributed by atoms with Gasteiger partial charge in [-0.1, -0.05) is 18.6 Å². The minimum atomic E-state index is -0.940. The topological polar surface area (TPSA) is 78.4 Å². The molecule has 0 heterocycles. The molecule has 0 radical (unpaired) electrons. The molecule has 0 aromatic heterocycles. The van der Waals surface area contributed by atoms with Crippen molar-refractivity contribution in [2.24, 2.45) is 11.8 Å². The minimum Gasteiger partial charge on any atom is -0.478 e. The van der Waals surface area contributed by atoms with Crippen molar-refractivity contribution in [3.63, 3.8) is 0 Å². The molecule has 2 aliphatic carbocycles. The highest BCUT2D eigenvalue weighted by molar-refractivity contribution is 5.87. The first-order valence-corrected chi connectivity index (χ1v) is 8.00. The van der Waals surface area contributed by atoms with Crippen LogP contribution in [0.5, 0.6) is 0 Å². The van der Waals surface area contributed by atoms with Crippen molar-refractivity contribution in [3.05, 3.63) is 35.4 Å². The van der Waals surface area contributed by atoms with Crippen LogP contribution in [0.2, 0.25) is 0 Å². The number of hydrogen-bond donors (Lipinski definition) is 3. The first-order valence-electron chi connectivity index (χ1n) is 8.00. The van der Waals surface area contributed by atoms with Crippen molar-refractivity contribution in [2.75, 3.05) is 0 Å². The Bertz CT molecular complexity index is 548. The third kappa shape index (κ3) is 3.59. The zero-order valence-corrected chi connectivity index (χ0v) is 12.5. The lowest BCUT2D eigenvalue weighted by atomic mass is 9.78. The van der Waals surface area contributed by atoms with Crippen LogP contribution in [-0.2, 0) is 6.54 Å². The monoisotopic (exact) mass is 302 g/mol. The summed E-state index contributed by atoms with van der Waals surface area (Å²) in [6.45, 7) is 0.411. The number of aromatic carboxylic acids is 1.